The Morgan fingerprint density at radius 2 is 2.00 bits per heavy atom. The normalized spacial score (nSPS) is 14.8. The molecular weight excluding hydrogens is 474 g/mol. The van der Waals surface area contributed by atoms with Crippen molar-refractivity contribution in [1.29, 1.82) is 0 Å². The number of benzene rings is 2. The third-order valence-electron chi connectivity index (χ3n) is 5.00. The molecule has 2 aromatic carbocycles. The Labute approximate surface area is 187 Å². The molecule has 9 heteroatoms. The third kappa shape index (κ3) is 4.44. The first-order chi connectivity index (χ1) is 14.0. The molecule has 0 radical (unpaired) electrons. The number of nitrogens with one attached hydrogen (secondary N) is 1. The van der Waals surface area contributed by atoms with E-state index >= 15 is 0 Å². The number of para-hydroxylation sites is 1. The fourth-order valence-corrected chi connectivity index (χ4v) is 4.37. The number of rotatable bonds is 3. The van der Waals surface area contributed by atoms with Crippen molar-refractivity contribution in [3.8, 4) is 0 Å². The average Bonchev–Trinajstić information content (AvgIpc) is 2.73. The molecule has 4 rings (SSSR count). The topological polar surface area (TPSA) is 61.4 Å². The van der Waals surface area contributed by atoms with E-state index in [1.54, 1.807) is 18.3 Å². The number of nitrogens with zero attached hydrogens (tertiary/aromatic N) is 4. The van der Waals surface area contributed by atoms with Crippen molar-refractivity contribution < 1.29 is 4.79 Å². The van der Waals surface area contributed by atoms with Gasteiger partial charge in [-0.1, -0.05) is 52.5 Å². The van der Waals surface area contributed by atoms with Crippen molar-refractivity contribution in [2.24, 2.45) is 0 Å². The molecule has 0 unspecified atom stereocenters. The fourth-order valence-electron chi connectivity index (χ4n) is 3.48. The Bertz CT molecular complexity index is 1040. The van der Waals surface area contributed by atoms with Crippen molar-refractivity contribution in [3.05, 3.63) is 58.2 Å². The maximum absolute atomic E-state index is 12.6. The Balaban J connectivity index is 1.40. The monoisotopic (exact) mass is 491 g/mol. The molecule has 2 amide bonds. The SMILES string of the molecule is O=C(NC1CCN(c2nncc3cc(Br)ccc23)CC1)N(S)c1ccccc1Cl. The molecular formula is C20H19BrClN5OS. The predicted molar refractivity (Wildman–Crippen MR) is 124 cm³/mol. The summed E-state index contributed by atoms with van der Waals surface area (Å²) < 4.78 is 2.27. The molecule has 1 saturated heterocycles. The smallest absolute Gasteiger partial charge is 0.332 e. The van der Waals surface area contributed by atoms with E-state index in [9.17, 15) is 4.79 Å². The number of thiol groups is 1. The first-order valence-electron chi connectivity index (χ1n) is 9.23. The summed E-state index contributed by atoms with van der Waals surface area (Å²) in [4.78, 5) is 14.8. The molecule has 2 heterocycles. The number of piperidine rings is 1. The molecule has 1 aliphatic rings. The van der Waals surface area contributed by atoms with Crippen LogP contribution < -0.4 is 14.5 Å². The Kier molecular flexibility index (Phi) is 6.12. The number of aromatic nitrogens is 2. The summed E-state index contributed by atoms with van der Waals surface area (Å²) in [6.45, 7) is 1.57. The predicted octanol–water partition coefficient (Wildman–Crippen LogP) is 5.08. The average molecular weight is 493 g/mol. The first kappa shape index (κ1) is 20.3. The van der Waals surface area contributed by atoms with Gasteiger partial charge in [-0.2, -0.15) is 5.10 Å². The van der Waals surface area contributed by atoms with Gasteiger partial charge in [0.25, 0.3) is 0 Å². The lowest BCUT2D eigenvalue weighted by Gasteiger charge is -2.34. The summed E-state index contributed by atoms with van der Waals surface area (Å²) in [5.41, 5.74) is 0.560. The number of hydrogen-bond acceptors (Lipinski definition) is 5. The van der Waals surface area contributed by atoms with Crippen LogP contribution in [0.5, 0.6) is 0 Å². The highest BCUT2D eigenvalue weighted by atomic mass is 79.9. The molecule has 0 spiro atoms. The van der Waals surface area contributed by atoms with E-state index in [4.69, 9.17) is 11.6 Å². The maximum atomic E-state index is 12.6. The number of hydrogen-bond donors (Lipinski definition) is 2. The summed E-state index contributed by atoms with van der Waals surface area (Å²) in [6.07, 6.45) is 3.39. The summed E-state index contributed by atoms with van der Waals surface area (Å²) in [5, 5.41) is 14.2. The van der Waals surface area contributed by atoms with Gasteiger partial charge in [0.1, 0.15) is 0 Å². The van der Waals surface area contributed by atoms with Crippen molar-refractivity contribution in [2.45, 2.75) is 18.9 Å². The fraction of sp³-hybridized carbons (Fsp3) is 0.250. The van der Waals surface area contributed by atoms with Gasteiger partial charge in [-0.15, -0.1) is 5.10 Å². The Morgan fingerprint density at radius 3 is 2.76 bits per heavy atom. The van der Waals surface area contributed by atoms with E-state index in [1.807, 2.05) is 24.3 Å². The lowest BCUT2D eigenvalue weighted by molar-refractivity contribution is 0.243. The van der Waals surface area contributed by atoms with Crippen LogP contribution in [-0.4, -0.2) is 35.4 Å². The highest BCUT2D eigenvalue weighted by Gasteiger charge is 2.25. The largest absolute Gasteiger partial charge is 0.354 e. The molecule has 1 aromatic heterocycles. The number of anilines is 2. The van der Waals surface area contributed by atoms with Crippen molar-refractivity contribution in [2.75, 3.05) is 22.3 Å². The summed E-state index contributed by atoms with van der Waals surface area (Å²) in [5.74, 6) is 0.881. The van der Waals surface area contributed by atoms with Crippen LogP contribution in [0, 0.1) is 0 Å². The van der Waals surface area contributed by atoms with E-state index in [-0.39, 0.29) is 12.1 Å². The van der Waals surface area contributed by atoms with Gasteiger partial charge in [0.15, 0.2) is 5.82 Å². The molecule has 0 saturated carbocycles. The molecule has 150 valence electrons. The number of carbonyl (C=O) groups excluding carboxylic acids is 1. The minimum Gasteiger partial charge on any atom is -0.354 e. The highest BCUT2D eigenvalue weighted by molar-refractivity contribution is 9.10. The first-order valence-corrected chi connectivity index (χ1v) is 10.8. The van der Waals surface area contributed by atoms with Crippen LogP contribution in [0.3, 0.4) is 0 Å². The van der Waals surface area contributed by atoms with Gasteiger partial charge in [-0.25, -0.2) is 9.10 Å². The standard InChI is InChI=1S/C20H19BrClN5OS/c21-14-5-6-16-13(11-14)12-23-25-19(16)26-9-7-15(8-10-26)24-20(28)27(29)18-4-2-1-3-17(18)22/h1-6,11-12,15,29H,7-10H2,(H,24,28). The molecule has 6 nitrogen and oxygen atoms in total. The van der Waals surface area contributed by atoms with E-state index in [0.717, 1.165) is 47.0 Å². The zero-order chi connectivity index (χ0) is 20.4. The van der Waals surface area contributed by atoms with Crippen LogP contribution in [0.4, 0.5) is 16.3 Å². The summed E-state index contributed by atoms with van der Waals surface area (Å²) >= 11 is 14.0. The van der Waals surface area contributed by atoms with Gasteiger partial charge in [0.05, 0.1) is 16.9 Å². The van der Waals surface area contributed by atoms with Gasteiger partial charge in [-0.3, -0.25) is 0 Å². The van der Waals surface area contributed by atoms with Gasteiger partial charge in [-0.05, 0) is 43.2 Å². The maximum Gasteiger partial charge on any atom is 0.332 e. The van der Waals surface area contributed by atoms with Gasteiger partial charge < -0.3 is 10.2 Å². The zero-order valence-electron chi connectivity index (χ0n) is 15.4. The number of carbonyl (C=O) groups is 1. The second-order valence-electron chi connectivity index (χ2n) is 6.87. The van der Waals surface area contributed by atoms with Crippen LogP contribution in [0.15, 0.2) is 53.1 Å². The van der Waals surface area contributed by atoms with Gasteiger partial charge in [0, 0.05) is 34.4 Å². The molecule has 3 aromatic rings. The van der Waals surface area contributed by atoms with Crippen molar-refractivity contribution in [3.63, 3.8) is 0 Å². The molecule has 0 bridgehead atoms. The second kappa shape index (κ2) is 8.77. The number of amides is 2. The quantitative estimate of drug-likeness (QED) is 0.501. The van der Waals surface area contributed by atoms with Gasteiger partial charge in [0.2, 0.25) is 0 Å². The van der Waals surface area contributed by atoms with E-state index < -0.39 is 0 Å². The molecule has 0 atom stereocenters. The molecule has 1 aliphatic heterocycles. The van der Waals surface area contributed by atoms with Crippen molar-refractivity contribution >= 4 is 68.7 Å². The summed E-state index contributed by atoms with van der Waals surface area (Å²) in [6, 6.07) is 13.0. The van der Waals surface area contributed by atoms with E-state index in [2.05, 4.69) is 55.2 Å². The minimum atomic E-state index is -0.283. The molecule has 0 aliphatic carbocycles. The van der Waals surface area contributed by atoms with Gasteiger partial charge >= 0.3 is 6.03 Å². The zero-order valence-corrected chi connectivity index (χ0v) is 18.7. The van der Waals surface area contributed by atoms with Crippen LogP contribution in [0.1, 0.15) is 12.8 Å². The van der Waals surface area contributed by atoms with Crippen LogP contribution >= 0.6 is 40.3 Å². The third-order valence-corrected chi connectivity index (χ3v) is 6.21. The van der Waals surface area contributed by atoms with Crippen LogP contribution in [-0.2, 0) is 0 Å². The van der Waals surface area contributed by atoms with Crippen LogP contribution in [0.2, 0.25) is 5.02 Å². The lowest BCUT2D eigenvalue weighted by atomic mass is 10.0. The minimum absolute atomic E-state index is 0.0629. The second-order valence-corrected chi connectivity index (χ2v) is 8.60. The summed E-state index contributed by atoms with van der Waals surface area (Å²) in [7, 11) is 0. The molecule has 29 heavy (non-hydrogen) atoms. The number of fused-ring (bicyclic) bond motifs is 1. The molecule has 1 fully saturated rings. The highest BCUT2D eigenvalue weighted by Crippen LogP contribution is 2.29. The van der Waals surface area contributed by atoms with E-state index in [1.165, 1.54) is 4.31 Å². The Hall–Kier alpha value is -2.03. The van der Waals surface area contributed by atoms with Crippen LogP contribution in [0.25, 0.3) is 10.8 Å². The Morgan fingerprint density at radius 1 is 1.24 bits per heavy atom. The lowest BCUT2D eigenvalue weighted by Crippen LogP contribution is -2.47. The number of urea groups is 1. The number of halogens is 2. The van der Waals surface area contributed by atoms with E-state index in [0.29, 0.717) is 10.7 Å². The molecule has 1 N–H and O–H groups in total. The van der Waals surface area contributed by atoms with Crippen molar-refractivity contribution in [1.82, 2.24) is 15.5 Å².